The van der Waals surface area contributed by atoms with Gasteiger partial charge in [0.15, 0.2) is 0 Å². The van der Waals surface area contributed by atoms with Crippen molar-refractivity contribution in [2.45, 2.75) is 20.4 Å². The number of aromatic nitrogens is 3. The van der Waals surface area contributed by atoms with E-state index in [2.05, 4.69) is 46.1 Å². The SMILES string of the molecule is Cc1ncc(-c2cc3cccc(C)c3[nH]2)nc1CN. The minimum Gasteiger partial charge on any atom is -0.353 e. The molecule has 0 aliphatic heterocycles. The monoisotopic (exact) mass is 252 g/mol. The van der Waals surface area contributed by atoms with Gasteiger partial charge in [0.05, 0.1) is 23.3 Å². The van der Waals surface area contributed by atoms with Gasteiger partial charge in [-0.15, -0.1) is 0 Å². The highest BCUT2D eigenvalue weighted by molar-refractivity contribution is 5.87. The molecule has 3 rings (SSSR count). The van der Waals surface area contributed by atoms with Crippen LogP contribution in [0.2, 0.25) is 0 Å². The van der Waals surface area contributed by atoms with Crippen LogP contribution in [-0.2, 0) is 6.54 Å². The van der Waals surface area contributed by atoms with E-state index in [1.807, 2.05) is 6.92 Å². The lowest BCUT2D eigenvalue weighted by Crippen LogP contribution is -2.05. The highest BCUT2D eigenvalue weighted by Gasteiger charge is 2.08. The molecule has 0 atom stereocenters. The van der Waals surface area contributed by atoms with E-state index >= 15 is 0 Å². The van der Waals surface area contributed by atoms with E-state index in [-0.39, 0.29) is 0 Å². The Morgan fingerprint density at radius 3 is 2.84 bits per heavy atom. The number of aromatic amines is 1. The molecular formula is C15H16N4. The zero-order valence-corrected chi connectivity index (χ0v) is 11.1. The van der Waals surface area contributed by atoms with Gasteiger partial charge in [-0.05, 0) is 25.5 Å². The van der Waals surface area contributed by atoms with E-state index in [9.17, 15) is 0 Å². The second-order valence-electron chi connectivity index (χ2n) is 4.71. The quantitative estimate of drug-likeness (QED) is 0.736. The second-order valence-corrected chi connectivity index (χ2v) is 4.71. The minimum atomic E-state index is 0.409. The molecule has 0 bridgehead atoms. The van der Waals surface area contributed by atoms with Crippen molar-refractivity contribution < 1.29 is 0 Å². The normalized spacial score (nSPS) is 11.1. The summed E-state index contributed by atoms with van der Waals surface area (Å²) < 4.78 is 0. The van der Waals surface area contributed by atoms with Crippen LogP contribution >= 0.6 is 0 Å². The van der Waals surface area contributed by atoms with Crippen molar-refractivity contribution in [1.82, 2.24) is 15.0 Å². The van der Waals surface area contributed by atoms with Crippen LogP contribution < -0.4 is 5.73 Å². The summed E-state index contributed by atoms with van der Waals surface area (Å²) in [4.78, 5) is 12.3. The van der Waals surface area contributed by atoms with Crippen LogP contribution in [0.15, 0.2) is 30.5 Å². The Labute approximate surface area is 111 Å². The molecule has 0 spiro atoms. The fraction of sp³-hybridized carbons (Fsp3) is 0.200. The van der Waals surface area contributed by atoms with Crippen molar-refractivity contribution >= 4 is 10.9 Å². The summed E-state index contributed by atoms with van der Waals surface area (Å²) in [5, 5.41) is 1.19. The van der Waals surface area contributed by atoms with Gasteiger partial charge in [-0.25, -0.2) is 4.98 Å². The van der Waals surface area contributed by atoms with Crippen LogP contribution in [0.25, 0.3) is 22.3 Å². The summed E-state index contributed by atoms with van der Waals surface area (Å²) >= 11 is 0. The molecule has 0 saturated carbocycles. The number of para-hydroxylation sites is 1. The molecule has 4 nitrogen and oxygen atoms in total. The van der Waals surface area contributed by atoms with Crippen LogP contribution in [0.4, 0.5) is 0 Å². The van der Waals surface area contributed by atoms with Crippen molar-refractivity contribution in [1.29, 1.82) is 0 Å². The van der Waals surface area contributed by atoms with Crippen molar-refractivity contribution in [2.24, 2.45) is 5.73 Å². The molecule has 2 aromatic heterocycles. The third-order valence-corrected chi connectivity index (χ3v) is 3.39. The Balaban J connectivity index is 2.16. The number of benzene rings is 1. The van der Waals surface area contributed by atoms with E-state index in [0.717, 1.165) is 28.3 Å². The van der Waals surface area contributed by atoms with Gasteiger partial charge in [0.1, 0.15) is 5.69 Å². The Hall–Kier alpha value is -2.20. The van der Waals surface area contributed by atoms with Crippen LogP contribution in [0.1, 0.15) is 17.0 Å². The number of nitrogens with two attached hydrogens (primary N) is 1. The molecule has 0 fully saturated rings. The summed E-state index contributed by atoms with van der Waals surface area (Å²) in [7, 11) is 0. The van der Waals surface area contributed by atoms with Crippen LogP contribution in [0.3, 0.4) is 0 Å². The standard InChI is InChI=1S/C15H16N4/c1-9-4-3-5-11-6-12(19-15(9)11)14-8-17-10(2)13(7-16)18-14/h3-6,8,19H,7,16H2,1-2H3. The number of H-pyrrole nitrogens is 1. The first-order chi connectivity index (χ1) is 9.19. The van der Waals surface area contributed by atoms with Crippen molar-refractivity contribution in [3.05, 3.63) is 47.4 Å². The molecule has 0 amide bonds. The topological polar surface area (TPSA) is 67.6 Å². The number of aryl methyl sites for hydroxylation is 2. The first kappa shape index (κ1) is 11.9. The smallest absolute Gasteiger partial charge is 0.105 e. The lowest BCUT2D eigenvalue weighted by molar-refractivity contribution is 0.931. The Morgan fingerprint density at radius 1 is 1.26 bits per heavy atom. The number of fused-ring (bicyclic) bond motifs is 1. The van der Waals surface area contributed by atoms with Crippen LogP contribution in [0.5, 0.6) is 0 Å². The third kappa shape index (κ3) is 2.00. The molecule has 19 heavy (non-hydrogen) atoms. The maximum atomic E-state index is 5.68. The number of rotatable bonds is 2. The number of nitrogens with zero attached hydrogens (tertiary/aromatic N) is 2. The molecule has 1 aromatic carbocycles. The maximum Gasteiger partial charge on any atom is 0.105 e. The highest BCUT2D eigenvalue weighted by atomic mass is 14.9. The molecule has 96 valence electrons. The van der Waals surface area contributed by atoms with Crippen LogP contribution in [0, 0.1) is 13.8 Å². The number of hydrogen-bond acceptors (Lipinski definition) is 3. The molecule has 2 heterocycles. The van der Waals surface area contributed by atoms with Gasteiger partial charge < -0.3 is 10.7 Å². The van der Waals surface area contributed by atoms with E-state index in [1.165, 1.54) is 10.9 Å². The maximum absolute atomic E-state index is 5.68. The molecule has 3 aromatic rings. The van der Waals surface area contributed by atoms with Crippen molar-refractivity contribution in [3.63, 3.8) is 0 Å². The van der Waals surface area contributed by atoms with Gasteiger partial charge in [-0.3, -0.25) is 4.98 Å². The Morgan fingerprint density at radius 2 is 2.11 bits per heavy atom. The Bertz CT molecular complexity index is 743. The fourth-order valence-electron chi connectivity index (χ4n) is 2.26. The minimum absolute atomic E-state index is 0.409. The number of nitrogens with one attached hydrogen (secondary N) is 1. The summed E-state index contributed by atoms with van der Waals surface area (Å²) in [5.74, 6) is 0. The Kier molecular flexibility index (Phi) is 2.80. The summed E-state index contributed by atoms with van der Waals surface area (Å²) in [5.41, 5.74) is 11.6. The summed E-state index contributed by atoms with van der Waals surface area (Å²) in [6.45, 7) is 4.43. The predicted molar refractivity (Wildman–Crippen MR) is 76.7 cm³/mol. The van der Waals surface area contributed by atoms with E-state index in [0.29, 0.717) is 6.54 Å². The fourth-order valence-corrected chi connectivity index (χ4v) is 2.26. The average Bonchev–Trinajstić information content (AvgIpc) is 2.85. The molecule has 4 heteroatoms. The average molecular weight is 252 g/mol. The van der Waals surface area contributed by atoms with Crippen LogP contribution in [-0.4, -0.2) is 15.0 Å². The zero-order chi connectivity index (χ0) is 13.4. The third-order valence-electron chi connectivity index (χ3n) is 3.39. The zero-order valence-electron chi connectivity index (χ0n) is 11.1. The molecule has 0 aliphatic rings. The van der Waals surface area contributed by atoms with Gasteiger partial charge in [0.2, 0.25) is 0 Å². The van der Waals surface area contributed by atoms with Gasteiger partial charge in [0, 0.05) is 17.4 Å². The number of hydrogen-bond donors (Lipinski definition) is 2. The van der Waals surface area contributed by atoms with Gasteiger partial charge in [-0.2, -0.15) is 0 Å². The second kappa shape index (κ2) is 4.48. The van der Waals surface area contributed by atoms with Crippen molar-refractivity contribution in [2.75, 3.05) is 0 Å². The molecule has 0 radical (unpaired) electrons. The van der Waals surface area contributed by atoms with Crippen molar-refractivity contribution in [3.8, 4) is 11.4 Å². The van der Waals surface area contributed by atoms with Gasteiger partial charge in [0.25, 0.3) is 0 Å². The molecule has 3 N–H and O–H groups in total. The largest absolute Gasteiger partial charge is 0.353 e. The first-order valence-corrected chi connectivity index (χ1v) is 6.30. The predicted octanol–water partition coefficient (Wildman–Crippen LogP) is 2.70. The summed E-state index contributed by atoms with van der Waals surface area (Å²) in [6.07, 6.45) is 1.79. The highest BCUT2D eigenvalue weighted by Crippen LogP contribution is 2.24. The molecule has 0 saturated heterocycles. The van der Waals surface area contributed by atoms with Gasteiger partial charge in [-0.1, -0.05) is 18.2 Å². The van der Waals surface area contributed by atoms with E-state index in [4.69, 9.17) is 5.73 Å². The van der Waals surface area contributed by atoms with E-state index in [1.54, 1.807) is 6.20 Å². The lowest BCUT2D eigenvalue weighted by Gasteiger charge is -2.03. The molecule has 0 aliphatic carbocycles. The first-order valence-electron chi connectivity index (χ1n) is 6.30. The molecule has 0 unspecified atom stereocenters. The summed E-state index contributed by atoms with van der Waals surface area (Å²) in [6, 6.07) is 8.34. The van der Waals surface area contributed by atoms with E-state index < -0.39 is 0 Å². The van der Waals surface area contributed by atoms with Gasteiger partial charge >= 0.3 is 0 Å². The molecular weight excluding hydrogens is 236 g/mol. The lowest BCUT2D eigenvalue weighted by atomic mass is 10.2.